The number of ether oxygens (including phenoxy) is 1. The molecule has 0 aliphatic carbocycles. The summed E-state index contributed by atoms with van der Waals surface area (Å²) in [7, 11) is 0. The molecule has 0 fully saturated rings. The highest BCUT2D eigenvalue weighted by molar-refractivity contribution is 5.80. The molecule has 1 aliphatic heterocycles. The molecule has 0 unspecified atom stereocenters. The molecule has 7 nitrogen and oxygen atoms in total. The van der Waals surface area contributed by atoms with E-state index in [1.807, 2.05) is 6.92 Å². The van der Waals surface area contributed by atoms with Gasteiger partial charge in [0.15, 0.2) is 11.6 Å². The Kier molecular flexibility index (Phi) is 6.79. The Hall–Kier alpha value is -4.35. The molecule has 0 saturated heterocycles. The largest absolute Gasteiger partial charge is 0.494 e. The topological polar surface area (TPSA) is 79.3 Å². The number of imidazole rings is 1. The van der Waals surface area contributed by atoms with Gasteiger partial charge in [0.05, 0.1) is 54.1 Å². The summed E-state index contributed by atoms with van der Waals surface area (Å²) >= 11 is 0. The summed E-state index contributed by atoms with van der Waals surface area (Å²) in [5, 5.41) is 14.1. The highest BCUT2D eigenvalue weighted by Crippen LogP contribution is 2.38. The van der Waals surface area contributed by atoms with Crippen LogP contribution in [0.4, 0.5) is 22.0 Å². The quantitative estimate of drug-likeness (QED) is 0.299. The van der Waals surface area contributed by atoms with Gasteiger partial charge in [0.1, 0.15) is 17.3 Å². The summed E-state index contributed by atoms with van der Waals surface area (Å²) in [6.45, 7) is 2.66. The van der Waals surface area contributed by atoms with Crippen molar-refractivity contribution in [1.29, 1.82) is 0 Å². The predicted molar refractivity (Wildman–Crippen MR) is 129 cm³/mol. The van der Waals surface area contributed by atoms with Gasteiger partial charge >= 0.3 is 6.18 Å². The van der Waals surface area contributed by atoms with E-state index < -0.39 is 23.4 Å². The number of nitrogens with one attached hydrogen (secondary N) is 1. The summed E-state index contributed by atoms with van der Waals surface area (Å²) in [5.74, 6) is -1.66. The first-order chi connectivity index (χ1) is 18.2. The predicted octanol–water partition coefficient (Wildman–Crippen LogP) is 5.97. The lowest BCUT2D eigenvalue weighted by atomic mass is 10.0. The molecule has 0 bridgehead atoms. The van der Waals surface area contributed by atoms with Gasteiger partial charge in [-0.2, -0.15) is 28.5 Å². The Morgan fingerprint density at radius 1 is 1.03 bits per heavy atom. The molecule has 0 radical (unpaired) electrons. The fraction of sp³-hybridized carbons (Fsp3) is 0.231. The molecular formula is C26H21F5N6O. The summed E-state index contributed by atoms with van der Waals surface area (Å²) in [6.07, 6.45) is -2.44. The average molecular weight is 528 g/mol. The minimum absolute atomic E-state index is 0.00369. The summed E-state index contributed by atoms with van der Waals surface area (Å²) in [6, 6.07) is 10.7. The van der Waals surface area contributed by atoms with Crippen LogP contribution in [0.2, 0.25) is 0 Å². The molecule has 12 heteroatoms. The van der Waals surface area contributed by atoms with Crippen LogP contribution in [0.3, 0.4) is 0 Å². The lowest BCUT2D eigenvalue weighted by molar-refractivity contribution is -0.137. The molecule has 0 saturated carbocycles. The fourth-order valence-electron chi connectivity index (χ4n) is 3.99. The van der Waals surface area contributed by atoms with Gasteiger partial charge in [-0.15, -0.1) is 0 Å². The third-order valence-corrected chi connectivity index (χ3v) is 5.81. The van der Waals surface area contributed by atoms with Crippen LogP contribution in [0.5, 0.6) is 5.75 Å². The van der Waals surface area contributed by atoms with E-state index in [1.165, 1.54) is 36.5 Å². The van der Waals surface area contributed by atoms with Crippen molar-refractivity contribution in [2.75, 3.05) is 6.61 Å². The summed E-state index contributed by atoms with van der Waals surface area (Å²) < 4.78 is 74.3. The summed E-state index contributed by atoms with van der Waals surface area (Å²) in [5.41, 5.74) is 0.728. The van der Waals surface area contributed by atoms with Crippen molar-refractivity contribution < 1.29 is 26.7 Å². The molecule has 3 heterocycles. The Labute approximate surface area is 214 Å². The van der Waals surface area contributed by atoms with Gasteiger partial charge in [-0.05, 0) is 48.9 Å². The lowest BCUT2D eigenvalue weighted by Crippen LogP contribution is -2.22. The van der Waals surface area contributed by atoms with E-state index in [0.717, 1.165) is 12.1 Å². The van der Waals surface area contributed by atoms with Gasteiger partial charge in [0.2, 0.25) is 0 Å². The number of aromatic nitrogens is 4. The molecule has 0 spiro atoms. The molecule has 0 amide bonds. The average Bonchev–Trinajstić information content (AvgIpc) is 3.32. The number of aromatic amines is 1. The van der Waals surface area contributed by atoms with Gasteiger partial charge in [0, 0.05) is 5.56 Å². The number of hydrogen-bond acceptors (Lipinski definition) is 6. The van der Waals surface area contributed by atoms with Gasteiger partial charge in [-0.25, -0.2) is 13.8 Å². The van der Waals surface area contributed by atoms with Crippen LogP contribution in [0, 0.1) is 11.6 Å². The third-order valence-electron chi connectivity index (χ3n) is 5.81. The first-order valence-corrected chi connectivity index (χ1v) is 11.7. The third kappa shape index (κ3) is 5.20. The lowest BCUT2D eigenvalue weighted by Gasteiger charge is -2.21. The van der Waals surface area contributed by atoms with Crippen molar-refractivity contribution >= 4 is 6.21 Å². The van der Waals surface area contributed by atoms with Crippen LogP contribution < -0.4 is 4.74 Å². The van der Waals surface area contributed by atoms with E-state index in [0.29, 0.717) is 30.1 Å². The molecule has 2 aromatic carbocycles. The number of nitrogens with zero attached hydrogens (tertiary/aromatic N) is 5. The number of benzene rings is 2. The number of rotatable bonds is 7. The van der Waals surface area contributed by atoms with Gasteiger partial charge in [0.25, 0.3) is 0 Å². The number of alkyl halides is 3. The van der Waals surface area contributed by atoms with Crippen molar-refractivity contribution in [3.05, 3.63) is 82.8 Å². The zero-order chi connectivity index (χ0) is 26.9. The molecule has 5 rings (SSSR count). The van der Waals surface area contributed by atoms with E-state index in [-0.39, 0.29) is 41.5 Å². The van der Waals surface area contributed by atoms with Crippen LogP contribution in [-0.2, 0) is 19.3 Å². The molecule has 196 valence electrons. The molecule has 0 atom stereocenters. The highest BCUT2D eigenvalue weighted by atomic mass is 19.4. The zero-order valence-corrected chi connectivity index (χ0v) is 20.1. The van der Waals surface area contributed by atoms with Crippen LogP contribution in [0.25, 0.3) is 22.6 Å². The molecule has 38 heavy (non-hydrogen) atoms. The van der Waals surface area contributed by atoms with Crippen molar-refractivity contribution in [3.63, 3.8) is 0 Å². The van der Waals surface area contributed by atoms with Crippen LogP contribution >= 0.6 is 0 Å². The first-order valence-electron chi connectivity index (χ1n) is 11.7. The van der Waals surface area contributed by atoms with Gasteiger partial charge in [-0.1, -0.05) is 13.0 Å². The number of halogens is 5. The SMILES string of the molecule is CCCOc1ccc(-c2ccc(CN3Cc4[nH]c(-c5cccc(F)c5F)nc4C=N3)nn2)c(C(F)(F)F)c1. The maximum atomic E-state index is 14.2. The van der Waals surface area contributed by atoms with E-state index in [1.54, 1.807) is 11.1 Å². The molecule has 4 aromatic rings. The Bertz CT molecular complexity index is 1480. The number of H-pyrrole nitrogens is 1. The summed E-state index contributed by atoms with van der Waals surface area (Å²) in [4.78, 5) is 7.29. The second-order valence-corrected chi connectivity index (χ2v) is 8.58. The molecule has 2 aromatic heterocycles. The van der Waals surface area contributed by atoms with Crippen molar-refractivity contribution in [1.82, 2.24) is 25.2 Å². The van der Waals surface area contributed by atoms with Crippen LogP contribution in [0.1, 0.15) is 36.0 Å². The van der Waals surface area contributed by atoms with Crippen LogP contribution in [0.15, 0.2) is 53.6 Å². The Morgan fingerprint density at radius 2 is 1.87 bits per heavy atom. The minimum Gasteiger partial charge on any atom is -0.494 e. The molecule has 1 aliphatic rings. The second-order valence-electron chi connectivity index (χ2n) is 8.58. The smallest absolute Gasteiger partial charge is 0.417 e. The van der Waals surface area contributed by atoms with Gasteiger partial charge in [-0.3, -0.25) is 5.01 Å². The van der Waals surface area contributed by atoms with Gasteiger partial charge < -0.3 is 9.72 Å². The number of hydrogen-bond donors (Lipinski definition) is 1. The molecular weight excluding hydrogens is 507 g/mol. The van der Waals surface area contributed by atoms with E-state index in [9.17, 15) is 22.0 Å². The first kappa shape index (κ1) is 25.3. The molecule has 1 N–H and O–H groups in total. The second kappa shape index (κ2) is 10.2. The van der Waals surface area contributed by atoms with E-state index in [2.05, 4.69) is 25.3 Å². The van der Waals surface area contributed by atoms with Crippen molar-refractivity contribution in [2.45, 2.75) is 32.6 Å². The minimum atomic E-state index is -4.60. The fourth-order valence-corrected chi connectivity index (χ4v) is 3.99. The maximum absolute atomic E-state index is 14.2. The highest BCUT2D eigenvalue weighted by Gasteiger charge is 2.34. The standard InChI is InChI=1S/C26H21F5N6O/c1-2-10-38-16-7-8-17(19(11-16)26(29,30)31)21-9-6-15(35-36-21)13-37-14-23-22(12-32-37)33-25(34-23)18-4-3-5-20(27)24(18)28/h3-9,11-12H,2,10,13-14H2,1H3,(H,33,34). The maximum Gasteiger partial charge on any atom is 0.417 e. The normalized spacial score (nSPS) is 13.1. The zero-order valence-electron chi connectivity index (χ0n) is 20.1. The van der Waals surface area contributed by atoms with E-state index >= 15 is 0 Å². The Morgan fingerprint density at radius 3 is 2.61 bits per heavy atom. The number of hydrazone groups is 1. The van der Waals surface area contributed by atoms with Crippen molar-refractivity contribution in [2.24, 2.45) is 5.10 Å². The van der Waals surface area contributed by atoms with E-state index in [4.69, 9.17) is 4.74 Å². The number of fused-ring (bicyclic) bond motifs is 1. The van der Waals surface area contributed by atoms with Crippen LogP contribution in [-0.4, -0.2) is 38.0 Å². The Balaban J connectivity index is 1.31. The monoisotopic (exact) mass is 528 g/mol. The van der Waals surface area contributed by atoms with Crippen molar-refractivity contribution in [3.8, 4) is 28.4 Å².